The molecule has 0 saturated heterocycles. The van der Waals surface area contributed by atoms with Crippen LogP contribution in [-0.2, 0) is 0 Å². The molecule has 2 N–H and O–H groups in total. The first-order valence-corrected chi connectivity index (χ1v) is 5.05. The highest BCUT2D eigenvalue weighted by molar-refractivity contribution is 9.09. The van der Waals surface area contributed by atoms with Gasteiger partial charge in [-0.3, -0.25) is 0 Å². The van der Waals surface area contributed by atoms with Crippen molar-refractivity contribution in [3.8, 4) is 0 Å². The fourth-order valence-electron chi connectivity index (χ4n) is 1.33. The summed E-state index contributed by atoms with van der Waals surface area (Å²) in [5, 5.41) is 8.77. The van der Waals surface area contributed by atoms with E-state index in [1.165, 1.54) is 0 Å². The Kier molecular flexibility index (Phi) is 2.29. The number of hydrogen-bond donors (Lipinski definition) is 2. The van der Waals surface area contributed by atoms with Crippen LogP contribution in [-0.4, -0.2) is 20.9 Å². The summed E-state index contributed by atoms with van der Waals surface area (Å²) in [7, 11) is 0. The number of halogens is 1. The normalized spacial score (nSPS) is 19.1. The van der Waals surface area contributed by atoms with Crippen LogP contribution in [0.5, 0.6) is 0 Å². The number of carboxylic acids is 1. The van der Waals surface area contributed by atoms with Gasteiger partial charge in [0, 0.05) is 5.69 Å². The monoisotopic (exact) mass is 253 g/mol. The number of aromatic nitrogens is 1. The fraction of sp³-hybridized carbons (Fsp3) is 0.100. The highest BCUT2D eigenvalue weighted by Crippen LogP contribution is 2.20. The molecule has 2 rings (SSSR count). The molecule has 14 heavy (non-hydrogen) atoms. The minimum Gasteiger partial charge on any atom is -0.477 e. The SMILES string of the molecule is O=C(O)c1cc2c([nH]1)C=CC(Br)C=C2. The Morgan fingerprint density at radius 3 is 2.86 bits per heavy atom. The zero-order valence-electron chi connectivity index (χ0n) is 7.20. The van der Waals surface area contributed by atoms with Gasteiger partial charge < -0.3 is 10.1 Å². The van der Waals surface area contributed by atoms with Crippen LogP contribution in [0.4, 0.5) is 0 Å². The zero-order valence-corrected chi connectivity index (χ0v) is 8.78. The maximum atomic E-state index is 10.7. The number of hydrogen-bond acceptors (Lipinski definition) is 1. The molecule has 1 aromatic rings. The minimum absolute atomic E-state index is 0.205. The average Bonchev–Trinajstić information content (AvgIpc) is 2.48. The summed E-state index contributed by atoms with van der Waals surface area (Å²) in [6.07, 6.45) is 7.69. The summed E-state index contributed by atoms with van der Waals surface area (Å²) in [5.74, 6) is -0.935. The Bertz CT molecular complexity index is 400. The van der Waals surface area contributed by atoms with Crippen LogP contribution in [0.25, 0.3) is 12.2 Å². The van der Waals surface area contributed by atoms with Crippen molar-refractivity contribution >= 4 is 34.1 Å². The molecule has 0 amide bonds. The molecule has 0 fully saturated rings. The van der Waals surface area contributed by atoms with Crippen molar-refractivity contribution in [2.45, 2.75) is 4.83 Å². The second kappa shape index (κ2) is 3.46. The Hall–Kier alpha value is -1.29. The lowest BCUT2D eigenvalue weighted by Crippen LogP contribution is -1.95. The number of carbonyl (C=O) groups is 1. The van der Waals surface area contributed by atoms with Crippen LogP contribution >= 0.6 is 15.9 Å². The summed E-state index contributed by atoms with van der Waals surface area (Å²) < 4.78 is 0. The molecule has 72 valence electrons. The Morgan fingerprint density at radius 2 is 2.14 bits per heavy atom. The van der Waals surface area contributed by atoms with Gasteiger partial charge in [0.05, 0.1) is 4.83 Å². The van der Waals surface area contributed by atoms with E-state index in [2.05, 4.69) is 20.9 Å². The Labute approximate surface area is 89.3 Å². The smallest absolute Gasteiger partial charge is 0.352 e. The van der Waals surface area contributed by atoms with E-state index in [9.17, 15) is 4.79 Å². The first-order chi connectivity index (χ1) is 6.66. The van der Waals surface area contributed by atoms with Gasteiger partial charge in [-0.15, -0.1) is 0 Å². The molecule has 0 spiro atoms. The van der Waals surface area contributed by atoms with Gasteiger partial charge in [-0.05, 0) is 17.7 Å². The van der Waals surface area contributed by atoms with Gasteiger partial charge in [0.25, 0.3) is 0 Å². The molecule has 1 unspecified atom stereocenters. The predicted molar refractivity (Wildman–Crippen MR) is 58.5 cm³/mol. The summed E-state index contributed by atoms with van der Waals surface area (Å²) in [5.41, 5.74) is 1.96. The molecular weight excluding hydrogens is 246 g/mol. The number of carboxylic acid groups (broad SMARTS) is 1. The topological polar surface area (TPSA) is 53.1 Å². The zero-order chi connectivity index (χ0) is 10.1. The van der Waals surface area contributed by atoms with E-state index in [-0.39, 0.29) is 10.5 Å². The van der Waals surface area contributed by atoms with Crippen molar-refractivity contribution in [2.24, 2.45) is 0 Å². The molecule has 0 bridgehead atoms. The third-order valence-electron chi connectivity index (χ3n) is 2.02. The highest BCUT2D eigenvalue weighted by Gasteiger charge is 2.11. The molecule has 3 nitrogen and oxygen atoms in total. The molecule has 0 aromatic carbocycles. The highest BCUT2D eigenvalue weighted by atomic mass is 79.9. The predicted octanol–water partition coefficient (Wildman–Crippen LogP) is 2.52. The Morgan fingerprint density at radius 1 is 1.43 bits per heavy atom. The fourth-order valence-corrected chi connectivity index (χ4v) is 1.63. The minimum atomic E-state index is -0.935. The van der Waals surface area contributed by atoms with E-state index in [0.29, 0.717) is 0 Å². The molecule has 1 heterocycles. The number of aromatic amines is 1. The van der Waals surface area contributed by atoms with E-state index in [0.717, 1.165) is 11.3 Å². The molecule has 1 aliphatic rings. The number of alkyl halides is 1. The summed E-state index contributed by atoms with van der Waals surface area (Å²) in [6.45, 7) is 0. The molecular formula is C10H8BrNO2. The van der Waals surface area contributed by atoms with Crippen LogP contribution in [0.2, 0.25) is 0 Å². The number of aromatic carboxylic acids is 1. The molecule has 0 saturated carbocycles. The number of nitrogens with one attached hydrogen (secondary N) is 1. The lowest BCUT2D eigenvalue weighted by Gasteiger charge is -1.90. The standard InChI is InChI=1S/C10H8BrNO2/c11-7-2-1-6-5-9(10(13)14)12-8(6)4-3-7/h1-5,7,12H,(H,13,14). The molecule has 1 aromatic heterocycles. The lowest BCUT2D eigenvalue weighted by atomic mass is 10.2. The second-order valence-corrected chi connectivity index (χ2v) is 4.08. The van der Waals surface area contributed by atoms with Gasteiger partial charge in [0.15, 0.2) is 0 Å². The average molecular weight is 254 g/mol. The quantitative estimate of drug-likeness (QED) is 0.756. The van der Waals surface area contributed by atoms with Gasteiger partial charge in [-0.2, -0.15) is 0 Å². The van der Waals surface area contributed by atoms with Gasteiger partial charge >= 0.3 is 5.97 Å². The summed E-state index contributed by atoms with van der Waals surface area (Å²) >= 11 is 3.43. The molecule has 1 atom stereocenters. The van der Waals surface area contributed by atoms with E-state index in [1.807, 2.05) is 24.3 Å². The molecule has 0 aliphatic heterocycles. The summed E-state index contributed by atoms with van der Waals surface area (Å²) in [4.78, 5) is 13.7. The maximum Gasteiger partial charge on any atom is 0.352 e. The van der Waals surface area contributed by atoms with Gasteiger partial charge in [0.1, 0.15) is 5.69 Å². The van der Waals surface area contributed by atoms with Crippen molar-refractivity contribution in [2.75, 3.05) is 0 Å². The van der Waals surface area contributed by atoms with Gasteiger partial charge in [-0.1, -0.05) is 34.2 Å². The number of allylic oxidation sites excluding steroid dienone is 2. The van der Waals surface area contributed by atoms with Crippen LogP contribution in [0, 0.1) is 0 Å². The van der Waals surface area contributed by atoms with Crippen LogP contribution in [0.15, 0.2) is 18.2 Å². The van der Waals surface area contributed by atoms with Gasteiger partial charge in [-0.25, -0.2) is 4.79 Å². The van der Waals surface area contributed by atoms with Crippen LogP contribution in [0.3, 0.4) is 0 Å². The van der Waals surface area contributed by atoms with Crippen molar-refractivity contribution in [3.05, 3.63) is 35.2 Å². The second-order valence-electron chi connectivity index (χ2n) is 3.02. The van der Waals surface area contributed by atoms with Crippen molar-refractivity contribution in [3.63, 3.8) is 0 Å². The van der Waals surface area contributed by atoms with Crippen molar-refractivity contribution in [1.82, 2.24) is 4.98 Å². The van der Waals surface area contributed by atoms with E-state index in [4.69, 9.17) is 5.11 Å². The van der Waals surface area contributed by atoms with Crippen molar-refractivity contribution in [1.29, 1.82) is 0 Å². The maximum absolute atomic E-state index is 10.7. The van der Waals surface area contributed by atoms with E-state index < -0.39 is 5.97 Å². The molecule has 1 aliphatic carbocycles. The number of fused-ring (bicyclic) bond motifs is 1. The molecule has 4 heteroatoms. The lowest BCUT2D eigenvalue weighted by molar-refractivity contribution is 0.0691. The van der Waals surface area contributed by atoms with Crippen LogP contribution in [0.1, 0.15) is 21.7 Å². The number of H-pyrrole nitrogens is 1. The Balaban J connectivity index is 2.46. The van der Waals surface area contributed by atoms with Gasteiger partial charge in [0.2, 0.25) is 0 Å². The largest absolute Gasteiger partial charge is 0.477 e. The molecule has 0 radical (unpaired) electrons. The third-order valence-corrected chi connectivity index (χ3v) is 2.63. The van der Waals surface area contributed by atoms with Crippen LogP contribution < -0.4 is 0 Å². The number of rotatable bonds is 1. The summed E-state index contributed by atoms with van der Waals surface area (Å²) in [6, 6.07) is 1.63. The van der Waals surface area contributed by atoms with Crippen molar-refractivity contribution < 1.29 is 9.90 Å². The first-order valence-electron chi connectivity index (χ1n) is 4.13. The van der Waals surface area contributed by atoms with E-state index in [1.54, 1.807) is 6.07 Å². The third kappa shape index (κ3) is 1.65. The first kappa shape index (κ1) is 9.27. The van der Waals surface area contributed by atoms with E-state index >= 15 is 0 Å².